The molecule has 0 atom stereocenters. The van der Waals surface area contributed by atoms with Crippen LogP contribution >= 0.6 is 0 Å². The van der Waals surface area contributed by atoms with E-state index in [0.29, 0.717) is 11.3 Å². The van der Waals surface area contributed by atoms with Gasteiger partial charge in [0.15, 0.2) is 0 Å². The van der Waals surface area contributed by atoms with Gasteiger partial charge in [0.25, 0.3) is 5.91 Å². The van der Waals surface area contributed by atoms with Gasteiger partial charge in [0.1, 0.15) is 5.82 Å². The summed E-state index contributed by atoms with van der Waals surface area (Å²) in [5.74, 6) is -0.509. The number of hydrogen-bond donors (Lipinski definition) is 0. The van der Waals surface area contributed by atoms with Gasteiger partial charge in [-0.2, -0.15) is 0 Å². The number of aromatic nitrogens is 3. The van der Waals surface area contributed by atoms with E-state index < -0.39 is 0 Å². The van der Waals surface area contributed by atoms with Gasteiger partial charge < -0.3 is 4.90 Å². The topological polar surface area (TPSA) is 62.2 Å². The number of carbonyl (C=O) groups is 1. The molecule has 1 fully saturated rings. The molecule has 176 valence electrons. The molecule has 0 radical (unpaired) electrons. The van der Waals surface area contributed by atoms with Crippen LogP contribution in [0.25, 0.3) is 11.3 Å². The quantitative estimate of drug-likeness (QED) is 0.400. The summed E-state index contributed by atoms with van der Waals surface area (Å²) < 4.78 is 14.1. The second-order valence-corrected chi connectivity index (χ2v) is 8.70. The van der Waals surface area contributed by atoms with Gasteiger partial charge in [-0.15, -0.1) is 0 Å². The maximum Gasteiger partial charge on any atom is 0.260 e. The summed E-state index contributed by atoms with van der Waals surface area (Å²) in [5.41, 5.74) is 4.19. The van der Waals surface area contributed by atoms with Crippen molar-refractivity contribution in [2.45, 2.75) is 25.4 Å². The summed E-state index contributed by atoms with van der Waals surface area (Å²) in [6.45, 7) is 2.50. The minimum absolute atomic E-state index is 0.0216. The zero-order chi connectivity index (χ0) is 24.0. The Morgan fingerprint density at radius 3 is 2.51 bits per heavy atom. The fourth-order valence-electron chi connectivity index (χ4n) is 4.62. The average Bonchev–Trinajstić information content (AvgIpc) is 2.91. The van der Waals surface area contributed by atoms with Gasteiger partial charge in [-0.1, -0.05) is 24.3 Å². The zero-order valence-corrected chi connectivity index (χ0v) is 19.3. The van der Waals surface area contributed by atoms with Crippen LogP contribution < -0.4 is 4.90 Å². The van der Waals surface area contributed by atoms with Gasteiger partial charge >= 0.3 is 0 Å². The van der Waals surface area contributed by atoms with Gasteiger partial charge in [-0.25, -0.2) is 4.39 Å². The summed E-state index contributed by atoms with van der Waals surface area (Å²) in [7, 11) is 0. The second-order valence-electron chi connectivity index (χ2n) is 8.70. The van der Waals surface area contributed by atoms with Crippen LogP contribution in [0, 0.1) is 5.82 Å². The van der Waals surface area contributed by atoms with E-state index >= 15 is 0 Å². The Labute approximate surface area is 204 Å². The van der Waals surface area contributed by atoms with Crippen molar-refractivity contribution in [3.8, 4) is 11.3 Å². The lowest BCUT2D eigenvalue weighted by Crippen LogP contribution is -2.47. The van der Waals surface area contributed by atoms with Crippen LogP contribution in [0.5, 0.6) is 0 Å². The number of rotatable bonds is 6. The highest BCUT2D eigenvalue weighted by Gasteiger charge is 2.30. The molecule has 1 aliphatic heterocycles. The van der Waals surface area contributed by atoms with Gasteiger partial charge in [-0.05, 0) is 54.8 Å². The van der Waals surface area contributed by atoms with Gasteiger partial charge in [0.2, 0.25) is 0 Å². The van der Waals surface area contributed by atoms with Crippen molar-refractivity contribution in [2.24, 2.45) is 0 Å². The standard InChI is InChI=1S/C28H26FN5O/c29-24-7-2-8-26(17-24)34(28(35)23-6-3-11-30-18-23)25-9-14-33(15-10-25)20-21-4-1-5-22(16-21)27-19-31-12-13-32-27/h1-8,11-13,16-19,25H,9-10,14-15,20H2. The highest BCUT2D eigenvalue weighted by atomic mass is 19.1. The molecule has 0 aliphatic carbocycles. The van der Waals surface area contributed by atoms with Crippen LogP contribution in [-0.4, -0.2) is 44.9 Å². The predicted molar refractivity (Wildman–Crippen MR) is 133 cm³/mol. The van der Waals surface area contributed by atoms with Gasteiger partial charge in [0, 0.05) is 61.7 Å². The van der Waals surface area contributed by atoms with E-state index in [0.717, 1.165) is 43.7 Å². The normalized spacial score (nSPS) is 14.5. The molecule has 0 bridgehead atoms. The molecule has 1 saturated heterocycles. The Hall–Kier alpha value is -3.97. The fourth-order valence-corrected chi connectivity index (χ4v) is 4.62. The number of hydrogen-bond acceptors (Lipinski definition) is 5. The summed E-state index contributed by atoms with van der Waals surface area (Å²) >= 11 is 0. The van der Waals surface area contributed by atoms with Crippen molar-refractivity contribution in [3.63, 3.8) is 0 Å². The molecule has 0 unspecified atom stereocenters. The lowest BCUT2D eigenvalue weighted by atomic mass is 10.00. The third-order valence-electron chi connectivity index (χ3n) is 6.33. The summed E-state index contributed by atoms with van der Waals surface area (Å²) in [5, 5.41) is 0. The number of piperidine rings is 1. The molecular formula is C28H26FN5O. The first-order chi connectivity index (χ1) is 17.2. The van der Waals surface area contributed by atoms with Crippen LogP contribution in [0.3, 0.4) is 0 Å². The minimum atomic E-state index is -0.355. The monoisotopic (exact) mass is 467 g/mol. The summed E-state index contributed by atoms with van der Waals surface area (Å²) in [6.07, 6.45) is 9.94. The van der Waals surface area contributed by atoms with Crippen LogP contribution in [0.4, 0.5) is 10.1 Å². The molecular weight excluding hydrogens is 441 g/mol. The van der Waals surface area contributed by atoms with E-state index in [1.165, 1.54) is 17.7 Å². The highest BCUT2D eigenvalue weighted by molar-refractivity contribution is 6.06. The first kappa shape index (κ1) is 22.8. The molecule has 35 heavy (non-hydrogen) atoms. The van der Waals surface area contributed by atoms with Crippen molar-refractivity contribution in [1.29, 1.82) is 0 Å². The number of nitrogens with zero attached hydrogens (tertiary/aromatic N) is 5. The van der Waals surface area contributed by atoms with Crippen LogP contribution in [0.15, 0.2) is 91.6 Å². The molecule has 5 rings (SSSR count). The number of halogens is 1. The van der Waals surface area contributed by atoms with Crippen molar-refractivity contribution >= 4 is 11.6 Å². The van der Waals surface area contributed by atoms with E-state index in [1.807, 2.05) is 12.1 Å². The van der Waals surface area contributed by atoms with E-state index in [1.54, 1.807) is 60.1 Å². The maximum atomic E-state index is 14.1. The number of likely N-dealkylation sites (tertiary alicyclic amines) is 1. The smallest absolute Gasteiger partial charge is 0.260 e. The molecule has 1 amide bonds. The number of pyridine rings is 1. The number of anilines is 1. The molecule has 0 saturated carbocycles. The Bertz CT molecular complexity index is 1280. The first-order valence-corrected chi connectivity index (χ1v) is 11.7. The molecule has 3 heterocycles. The van der Waals surface area contributed by atoms with E-state index in [-0.39, 0.29) is 17.8 Å². The van der Waals surface area contributed by atoms with E-state index in [4.69, 9.17) is 0 Å². The van der Waals surface area contributed by atoms with Crippen LogP contribution in [0.2, 0.25) is 0 Å². The SMILES string of the molecule is O=C(c1cccnc1)N(c1cccc(F)c1)C1CCN(Cc2cccc(-c3cnccn3)c2)CC1. The van der Waals surface area contributed by atoms with Gasteiger partial charge in [-0.3, -0.25) is 24.6 Å². The summed E-state index contributed by atoms with van der Waals surface area (Å²) in [6, 6.07) is 18.1. The third kappa shape index (κ3) is 5.41. The Balaban J connectivity index is 1.30. The zero-order valence-electron chi connectivity index (χ0n) is 19.3. The van der Waals surface area contributed by atoms with Gasteiger partial charge in [0.05, 0.1) is 17.5 Å². The van der Waals surface area contributed by atoms with Crippen molar-refractivity contribution in [2.75, 3.05) is 18.0 Å². The third-order valence-corrected chi connectivity index (χ3v) is 6.33. The molecule has 0 spiro atoms. The second kappa shape index (κ2) is 10.5. The number of amides is 1. The Morgan fingerprint density at radius 2 is 1.77 bits per heavy atom. The maximum absolute atomic E-state index is 14.1. The largest absolute Gasteiger partial charge is 0.305 e. The molecule has 0 N–H and O–H groups in total. The lowest BCUT2D eigenvalue weighted by molar-refractivity contribution is 0.0958. The lowest BCUT2D eigenvalue weighted by Gasteiger charge is -2.38. The number of benzene rings is 2. The average molecular weight is 468 g/mol. The highest BCUT2D eigenvalue weighted by Crippen LogP contribution is 2.27. The molecule has 6 nitrogen and oxygen atoms in total. The van der Waals surface area contributed by atoms with E-state index in [9.17, 15) is 9.18 Å². The Morgan fingerprint density at radius 1 is 0.943 bits per heavy atom. The molecule has 4 aromatic rings. The minimum Gasteiger partial charge on any atom is -0.305 e. The first-order valence-electron chi connectivity index (χ1n) is 11.7. The van der Waals surface area contributed by atoms with E-state index in [2.05, 4.69) is 32.0 Å². The molecule has 2 aromatic heterocycles. The van der Waals surface area contributed by atoms with Crippen LogP contribution in [0.1, 0.15) is 28.8 Å². The van der Waals surface area contributed by atoms with Crippen molar-refractivity contribution < 1.29 is 9.18 Å². The Kier molecular flexibility index (Phi) is 6.86. The molecule has 2 aromatic carbocycles. The predicted octanol–water partition coefficient (Wildman–Crippen LogP) is 4.99. The van der Waals surface area contributed by atoms with Crippen molar-refractivity contribution in [1.82, 2.24) is 19.9 Å². The van der Waals surface area contributed by atoms with Crippen LogP contribution in [-0.2, 0) is 6.54 Å². The fraction of sp³-hybridized carbons (Fsp3) is 0.214. The molecule has 7 heteroatoms. The summed E-state index contributed by atoms with van der Waals surface area (Å²) in [4.78, 5) is 30.2. The number of carbonyl (C=O) groups excluding carboxylic acids is 1. The molecule has 1 aliphatic rings. The van der Waals surface area contributed by atoms with Crippen molar-refractivity contribution in [3.05, 3.63) is 109 Å².